The van der Waals surface area contributed by atoms with Crippen molar-refractivity contribution in [1.82, 2.24) is 9.88 Å². The minimum atomic E-state index is -4.68. The number of nitrogens with zero attached hydrogens (tertiary/aromatic N) is 3. The summed E-state index contributed by atoms with van der Waals surface area (Å²) in [5.74, 6) is 0. The quantitative estimate of drug-likeness (QED) is 0.904. The van der Waals surface area contributed by atoms with Gasteiger partial charge in [-0.05, 0) is 42.8 Å². The van der Waals surface area contributed by atoms with E-state index in [4.69, 9.17) is 5.26 Å². The first-order chi connectivity index (χ1) is 11.7. The summed E-state index contributed by atoms with van der Waals surface area (Å²) in [6.07, 6.45) is -1.50. The molecule has 0 saturated carbocycles. The van der Waals surface area contributed by atoms with Crippen molar-refractivity contribution in [3.8, 4) is 6.07 Å². The van der Waals surface area contributed by atoms with Crippen LogP contribution in [0.5, 0.6) is 0 Å². The average Bonchev–Trinajstić information content (AvgIpc) is 2.60. The largest absolute Gasteiger partial charge is 0.417 e. The SMILES string of the molecule is CC(c1ccncc1)N(C)C(=O)Nc1ccc(C#N)c(C(F)(F)F)c1. The van der Waals surface area contributed by atoms with Gasteiger partial charge in [-0.25, -0.2) is 4.79 Å². The molecule has 0 bridgehead atoms. The maximum Gasteiger partial charge on any atom is 0.417 e. The number of benzene rings is 1. The Hall–Kier alpha value is -3.08. The van der Waals surface area contributed by atoms with Crippen LogP contribution in [0.25, 0.3) is 0 Å². The Balaban J connectivity index is 2.19. The molecule has 2 aromatic rings. The molecule has 0 aliphatic carbocycles. The van der Waals surface area contributed by atoms with Crippen molar-refractivity contribution in [3.63, 3.8) is 0 Å². The Kier molecular flexibility index (Phi) is 5.27. The topological polar surface area (TPSA) is 69.0 Å². The standard InChI is InChI=1S/C17H15F3N4O/c1-11(12-5-7-22-8-6-12)24(2)16(25)23-14-4-3-13(10-21)15(9-14)17(18,19)20/h3-9,11H,1-2H3,(H,23,25). The van der Waals surface area contributed by atoms with Gasteiger partial charge in [-0.1, -0.05) is 0 Å². The number of anilines is 1. The van der Waals surface area contributed by atoms with E-state index in [1.165, 1.54) is 24.1 Å². The van der Waals surface area contributed by atoms with Gasteiger partial charge in [0.25, 0.3) is 0 Å². The third kappa shape index (κ3) is 4.26. The van der Waals surface area contributed by atoms with E-state index < -0.39 is 23.3 Å². The number of alkyl halides is 3. The molecule has 130 valence electrons. The van der Waals surface area contributed by atoms with E-state index in [0.29, 0.717) is 0 Å². The Morgan fingerprint density at radius 2 is 1.92 bits per heavy atom. The van der Waals surface area contributed by atoms with Gasteiger partial charge in [-0.2, -0.15) is 18.4 Å². The molecule has 1 unspecified atom stereocenters. The number of aromatic nitrogens is 1. The van der Waals surface area contributed by atoms with Crippen molar-refractivity contribution in [2.75, 3.05) is 12.4 Å². The predicted molar refractivity (Wildman–Crippen MR) is 85.6 cm³/mol. The molecule has 1 aromatic carbocycles. The van der Waals surface area contributed by atoms with Gasteiger partial charge in [0.1, 0.15) is 0 Å². The molecule has 1 heterocycles. The molecule has 0 aliphatic rings. The zero-order chi connectivity index (χ0) is 18.6. The fraction of sp³-hybridized carbons (Fsp3) is 0.235. The van der Waals surface area contributed by atoms with Crippen LogP contribution in [0.4, 0.5) is 23.7 Å². The van der Waals surface area contributed by atoms with Crippen molar-refractivity contribution in [2.45, 2.75) is 19.1 Å². The third-order valence-electron chi connectivity index (χ3n) is 3.79. The van der Waals surface area contributed by atoms with Crippen LogP contribution < -0.4 is 5.32 Å². The lowest BCUT2D eigenvalue weighted by Gasteiger charge is -2.25. The monoisotopic (exact) mass is 348 g/mol. The molecule has 0 saturated heterocycles. The zero-order valence-corrected chi connectivity index (χ0v) is 13.5. The number of hydrogen-bond donors (Lipinski definition) is 1. The maximum absolute atomic E-state index is 13.0. The lowest BCUT2D eigenvalue weighted by molar-refractivity contribution is -0.137. The summed E-state index contributed by atoms with van der Waals surface area (Å²) in [7, 11) is 1.54. The van der Waals surface area contributed by atoms with Crippen molar-refractivity contribution in [2.24, 2.45) is 0 Å². The molecule has 5 nitrogen and oxygen atoms in total. The Morgan fingerprint density at radius 1 is 1.28 bits per heavy atom. The van der Waals surface area contributed by atoms with E-state index in [9.17, 15) is 18.0 Å². The smallest absolute Gasteiger partial charge is 0.321 e. The zero-order valence-electron chi connectivity index (χ0n) is 13.5. The molecular weight excluding hydrogens is 333 g/mol. The molecule has 0 aliphatic heterocycles. The van der Waals surface area contributed by atoms with Gasteiger partial charge < -0.3 is 10.2 Å². The lowest BCUT2D eigenvalue weighted by Crippen LogP contribution is -2.33. The van der Waals surface area contributed by atoms with Crippen molar-refractivity contribution in [1.29, 1.82) is 5.26 Å². The van der Waals surface area contributed by atoms with E-state index in [2.05, 4.69) is 10.3 Å². The molecule has 25 heavy (non-hydrogen) atoms. The fourth-order valence-corrected chi connectivity index (χ4v) is 2.21. The van der Waals surface area contributed by atoms with Gasteiger partial charge in [-0.3, -0.25) is 4.98 Å². The van der Waals surface area contributed by atoms with Gasteiger partial charge in [0, 0.05) is 25.1 Å². The van der Waals surface area contributed by atoms with Crippen LogP contribution in [-0.4, -0.2) is 23.0 Å². The molecule has 0 spiro atoms. The first-order valence-electron chi connectivity index (χ1n) is 7.29. The van der Waals surface area contributed by atoms with Crippen molar-refractivity contribution in [3.05, 3.63) is 59.4 Å². The van der Waals surface area contributed by atoms with Crippen LogP contribution in [0.2, 0.25) is 0 Å². The number of halogens is 3. The second-order valence-corrected chi connectivity index (χ2v) is 5.37. The van der Waals surface area contributed by atoms with Crippen LogP contribution in [0.15, 0.2) is 42.7 Å². The number of urea groups is 1. The minimum absolute atomic E-state index is 0.0369. The van der Waals surface area contributed by atoms with E-state index in [1.54, 1.807) is 31.5 Å². The number of pyridine rings is 1. The van der Waals surface area contributed by atoms with Gasteiger partial charge in [0.2, 0.25) is 0 Å². The van der Waals surface area contributed by atoms with Crippen LogP contribution >= 0.6 is 0 Å². The highest BCUT2D eigenvalue weighted by Gasteiger charge is 2.34. The van der Waals surface area contributed by atoms with Gasteiger partial charge in [0.15, 0.2) is 0 Å². The summed E-state index contributed by atoms with van der Waals surface area (Å²) in [6.45, 7) is 1.79. The highest BCUT2D eigenvalue weighted by molar-refractivity contribution is 5.89. The van der Waals surface area contributed by atoms with E-state index >= 15 is 0 Å². The number of nitrogens with one attached hydrogen (secondary N) is 1. The molecule has 0 fully saturated rings. The lowest BCUT2D eigenvalue weighted by atomic mass is 10.1. The van der Waals surface area contributed by atoms with Gasteiger partial charge in [0.05, 0.1) is 23.2 Å². The fourth-order valence-electron chi connectivity index (χ4n) is 2.21. The van der Waals surface area contributed by atoms with Crippen LogP contribution in [0.1, 0.15) is 29.7 Å². The second kappa shape index (κ2) is 7.21. The van der Waals surface area contributed by atoms with Crippen LogP contribution in [0.3, 0.4) is 0 Å². The molecule has 8 heteroatoms. The summed E-state index contributed by atoms with van der Waals surface area (Å²) in [4.78, 5) is 17.6. The van der Waals surface area contributed by atoms with E-state index in [-0.39, 0.29) is 11.7 Å². The minimum Gasteiger partial charge on any atom is -0.321 e. The summed E-state index contributed by atoms with van der Waals surface area (Å²) in [6, 6.07) is 7.17. The highest BCUT2D eigenvalue weighted by Crippen LogP contribution is 2.33. The first kappa shape index (κ1) is 18.3. The maximum atomic E-state index is 13.0. The molecule has 0 radical (unpaired) electrons. The van der Waals surface area contributed by atoms with Crippen LogP contribution in [0, 0.1) is 11.3 Å². The van der Waals surface area contributed by atoms with Crippen LogP contribution in [-0.2, 0) is 6.18 Å². The van der Waals surface area contributed by atoms with Crippen molar-refractivity contribution < 1.29 is 18.0 Å². The Bertz CT molecular complexity index is 800. The summed E-state index contributed by atoms with van der Waals surface area (Å²) >= 11 is 0. The summed E-state index contributed by atoms with van der Waals surface area (Å²) < 4.78 is 38.9. The molecule has 2 rings (SSSR count). The highest BCUT2D eigenvalue weighted by atomic mass is 19.4. The molecule has 1 aromatic heterocycles. The first-order valence-corrected chi connectivity index (χ1v) is 7.29. The number of hydrogen-bond acceptors (Lipinski definition) is 3. The second-order valence-electron chi connectivity index (χ2n) is 5.37. The number of nitriles is 1. The molecule has 1 atom stereocenters. The Labute approximate surface area is 142 Å². The van der Waals surface area contributed by atoms with Gasteiger partial charge >= 0.3 is 12.2 Å². The average molecular weight is 348 g/mol. The summed E-state index contributed by atoms with van der Waals surface area (Å²) in [5, 5.41) is 11.2. The van der Waals surface area contributed by atoms with E-state index in [0.717, 1.165) is 17.7 Å². The molecular formula is C17H15F3N4O. The predicted octanol–water partition coefficient (Wildman–Crippen LogP) is 4.20. The number of carbonyl (C=O) groups excluding carboxylic acids is 1. The Morgan fingerprint density at radius 3 is 2.48 bits per heavy atom. The third-order valence-corrected chi connectivity index (χ3v) is 3.79. The van der Waals surface area contributed by atoms with E-state index in [1.807, 2.05) is 0 Å². The summed E-state index contributed by atoms with van der Waals surface area (Å²) in [5.41, 5.74) is -0.782. The molecule has 2 amide bonds. The van der Waals surface area contributed by atoms with Crippen molar-refractivity contribution >= 4 is 11.7 Å². The number of carbonyl (C=O) groups is 1. The normalized spacial score (nSPS) is 12.2. The number of rotatable bonds is 3. The number of amides is 2. The molecule has 1 N–H and O–H groups in total. The van der Waals surface area contributed by atoms with Gasteiger partial charge in [-0.15, -0.1) is 0 Å².